The fourth-order valence-corrected chi connectivity index (χ4v) is 1.15. The highest BCUT2D eigenvalue weighted by Crippen LogP contribution is 2.23. The van der Waals surface area contributed by atoms with Crippen molar-refractivity contribution in [1.29, 1.82) is 0 Å². The first kappa shape index (κ1) is 11.4. The topological polar surface area (TPSA) is 46.5 Å². The van der Waals surface area contributed by atoms with E-state index in [4.69, 9.17) is 9.84 Å². The molecule has 0 saturated heterocycles. The molecule has 0 spiro atoms. The number of aliphatic hydroxyl groups is 1. The Kier molecular flexibility index (Phi) is 4.24. The van der Waals surface area contributed by atoms with Crippen molar-refractivity contribution < 1.29 is 14.6 Å². The Bertz CT molecular complexity index is 150. The molecule has 0 aliphatic heterocycles. The fourth-order valence-electron chi connectivity index (χ4n) is 1.15. The molecule has 0 aliphatic carbocycles. The molecule has 1 atom stereocenters. The van der Waals surface area contributed by atoms with Gasteiger partial charge in [0, 0.05) is 0 Å². The molecule has 0 heterocycles. The molecular formula is C9H18O3. The molecule has 3 heteroatoms. The molecule has 0 aromatic heterocycles. The molecule has 0 saturated carbocycles. The Hall–Kier alpha value is -0.570. The number of rotatable bonds is 4. The van der Waals surface area contributed by atoms with Crippen LogP contribution in [-0.2, 0) is 9.53 Å². The van der Waals surface area contributed by atoms with Crippen LogP contribution in [0.4, 0.5) is 0 Å². The third kappa shape index (κ3) is 3.72. The maximum Gasteiger partial charge on any atom is 0.311 e. The lowest BCUT2D eigenvalue weighted by Crippen LogP contribution is -2.30. The van der Waals surface area contributed by atoms with E-state index in [1.807, 2.05) is 0 Å². The highest BCUT2D eigenvalue weighted by atomic mass is 16.5. The van der Waals surface area contributed by atoms with E-state index in [1.165, 1.54) is 0 Å². The molecule has 0 bridgehead atoms. The quantitative estimate of drug-likeness (QED) is 0.654. The van der Waals surface area contributed by atoms with E-state index < -0.39 is 11.5 Å². The predicted octanol–water partition coefficient (Wildman–Crippen LogP) is 1.35. The number of carbonyl (C=O) groups excluding carboxylic acids is 1. The zero-order chi connectivity index (χ0) is 9.78. The summed E-state index contributed by atoms with van der Waals surface area (Å²) in [7, 11) is 0. The van der Waals surface area contributed by atoms with E-state index in [0.717, 1.165) is 0 Å². The average Bonchev–Trinajstić information content (AvgIpc) is 1.85. The van der Waals surface area contributed by atoms with Gasteiger partial charge in [-0.3, -0.25) is 4.79 Å². The van der Waals surface area contributed by atoms with Gasteiger partial charge in [0.2, 0.25) is 0 Å². The Labute approximate surface area is 73.7 Å². The van der Waals surface area contributed by atoms with Crippen molar-refractivity contribution in [2.45, 2.75) is 40.2 Å². The van der Waals surface area contributed by atoms with Gasteiger partial charge in [0.25, 0.3) is 0 Å². The lowest BCUT2D eigenvalue weighted by molar-refractivity contribution is -0.155. The molecule has 0 fully saturated rings. The molecule has 1 N–H and O–H groups in total. The highest BCUT2D eigenvalue weighted by molar-refractivity contribution is 5.75. The van der Waals surface area contributed by atoms with Gasteiger partial charge in [-0.25, -0.2) is 0 Å². The van der Waals surface area contributed by atoms with Crippen LogP contribution in [0.25, 0.3) is 0 Å². The van der Waals surface area contributed by atoms with Crippen LogP contribution in [0.5, 0.6) is 0 Å². The average molecular weight is 174 g/mol. The van der Waals surface area contributed by atoms with Crippen molar-refractivity contribution >= 4 is 5.97 Å². The van der Waals surface area contributed by atoms with Crippen LogP contribution in [0, 0.1) is 5.41 Å². The smallest absolute Gasteiger partial charge is 0.311 e. The van der Waals surface area contributed by atoms with Gasteiger partial charge >= 0.3 is 5.97 Å². The van der Waals surface area contributed by atoms with Gasteiger partial charge in [0.1, 0.15) is 0 Å². The van der Waals surface area contributed by atoms with E-state index >= 15 is 0 Å². The maximum atomic E-state index is 11.3. The second-order valence-electron chi connectivity index (χ2n) is 3.66. The van der Waals surface area contributed by atoms with Crippen molar-refractivity contribution in [1.82, 2.24) is 0 Å². The molecule has 1 unspecified atom stereocenters. The van der Waals surface area contributed by atoms with Crippen LogP contribution in [0.2, 0.25) is 0 Å². The lowest BCUT2D eigenvalue weighted by Gasteiger charge is -2.23. The third-order valence-corrected chi connectivity index (χ3v) is 1.63. The molecule has 0 amide bonds. The van der Waals surface area contributed by atoms with Crippen LogP contribution in [-0.4, -0.2) is 23.8 Å². The Morgan fingerprint density at radius 3 is 2.42 bits per heavy atom. The number of hydrogen-bond donors (Lipinski definition) is 1. The Balaban J connectivity index is 4.09. The number of ether oxygens (including phenoxy) is 1. The summed E-state index contributed by atoms with van der Waals surface area (Å²) in [5.41, 5.74) is -0.579. The van der Waals surface area contributed by atoms with E-state index in [9.17, 15) is 4.79 Å². The predicted molar refractivity (Wildman–Crippen MR) is 46.7 cm³/mol. The summed E-state index contributed by atoms with van der Waals surface area (Å²) in [6, 6.07) is 0. The molecule has 0 rings (SSSR count). The first-order valence-electron chi connectivity index (χ1n) is 4.25. The second kappa shape index (κ2) is 4.45. The highest BCUT2D eigenvalue weighted by Gasteiger charge is 2.30. The van der Waals surface area contributed by atoms with E-state index in [2.05, 4.69) is 0 Å². The van der Waals surface area contributed by atoms with Gasteiger partial charge in [0.05, 0.1) is 18.1 Å². The monoisotopic (exact) mass is 174 g/mol. The summed E-state index contributed by atoms with van der Waals surface area (Å²) < 4.78 is 4.86. The minimum Gasteiger partial charge on any atom is -0.466 e. The zero-order valence-electron chi connectivity index (χ0n) is 8.26. The van der Waals surface area contributed by atoms with Gasteiger partial charge in [-0.1, -0.05) is 0 Å². The van der Waals surface area contributed by atoms with Crippen molar-refractivity contribution in [2.75, 3.05) is 6.61 Å². The molecule has 0 aromatic carbocycles. The largest absolute Gasteiger partial charge is 0.466 e. The first-order chi connectivity index (χ1) is 5.40. The summed E-state index contributed by atoms with van der Waals surface area (Å²) in [6.45, 7) is 7.38. The molecule has 0 aliphatic rings. The summed E-state index contributed by atoms with van der Waals surface area (Å²) in [5, 5.41) is 9.10. The molecule has 12 heavy (non-hydrogen) atoms. The maximum absolute atomic E-state index is 11.3. The molecule has 3 nitrogen and oxygen atoms in total. The first-order valence-corrected chi connectivity index (χ1v) is 4.25. The van der Waals surface area contributed by atoms with Crippen molar-refractivity contribution in [3.63, 3.8) is 0 Å². The van der Waals surface area contributed by atoms with Gasteiger partial charge in [0.15, 0.2) is 0 Å². The van der Waals surface area contributed by atoms with Crippen LogP contribution < -0.4 is 0 Å². The van der Waals surface area contributed by atoms with Gasteiger partial charge in [-0.15, -0.1) is 0 Å². The van der Waals surface area contributed by atoms with Crippen LogP contribution in [0.1, 0.15) is 34.1 Å². The van der Waals surface area contributed by atoms with Crippen molar-refractivity contribution in [2.24, 2.45) is 5.41 Å². The Morgan fingerprint density at radius 2 is 2.08 bits per heavy atom. The van der Waals surface area contributed by atoms with E-state index in [0.29, 0.717) is 13.0 Å². The van der Waals surface area contributed by atoms with Crippen LogP contribution >= 0.6 is 0 Å². The normalized spacial score (nSPS) is 14.1. The summed E-state index contributed by atoms with van der Waals surface area (Å²) in [5.74, 6) is -0.245. The number of esters is 1. The number of carbonyl (C=O) groups is 1. The Morgan fingerprint density at radius 1 is 1.58 bits per heavy atom. The minimum atomic E-state index is -0.579. The molecule has 72 valence electrons. The SMILES string of the molecule is CCOC(=O)C(C)(C)CC(C)O. The fraction of sp³-hybridized carbons (Fsp3) is 0.889. The second-order valence-corrected chi connectivity index (χ2v) is 3.66. The summed E-state index contributed by atoms with van der Waals surface area (Å²) >= 11 is 0. The lowest BCUT2D eigenvalue weighted by atomic mass is 9.87. The van der Waals surface area contributed by atoms with E-state index in [1.54, 1.807) is 27.7 Å². The zero-order valence-corrected chi connectivity index (χ0v) is 8.26. The summed E-state index contributed by atoms with van der Waals surface area (Å²) in [4.78, 5) is 11.3. The standard InChI is InChI=1S/C9H18O3/c1-5-12-8(11)9(3,4)6-7(2)10/h7,10H,5-6H2,1-4H3. The summed E-state index contributed by atoms with van der Waals surface area (Å²) in [6.07, 6.45) is -0.0318. The molecule has 0 aromatic rings. The third-order valence-electron chi connectivity index (χ3n) is 1.63. The number of hydrogen-bond acceptors (Lipinski definition) is 3. The van der Waals surface area contributed by atoms with Gasteiger partial charge < -0.3 is 9.84 Å². The van der Waals surface area contributed by atoms with Crippen molar-refractivity contribution in [3.05, 3.63) is 0 Å². The minimum absolute atomic E-state index is 0.245. The number of aliphatic hydroxyl groups excluding tert-OH is 1. The van der Waals surface area contributed by atoms with Crippen molar-refractivity contribution in [3.8, 4) is 0 Å². The van der Waals surface area contributed by atoms with E-state index in [-0.39, 0.29) is 5.97 Å². The van der Waals surface area contributed by atoms with Gasteiger partial charge in [-0.05, 0) is 34.1 Å². The van der Waals surface area contributed by atoms with Crippen LogP contribution in [0.3, 0.4) is 0 Å². The molecular weight excluding hydrogens is 156 g/mol. The van der Waals surface area contributed by atoms with Gasteiger partial charge in [-0.2, -0.15) is 0 Å². The van der Waals surface area contributed by atoms with Crippen LogP contribution in [0.15, 0.2) is 0 Å². The molecule has 0 radical (unpaired) electrons.